The zero-order chi connectivity index (χ0) is 35.4. The van der Waals surface area contributed by atoms with E-state index in [9.17, 15) is 19.2 Å². The van der Waals surface area contributed by atoms with Crippen LogP contribution in [0.1, 0.15) is 108 Å². The number of nitrogens with zero attached hydrogens (tertiary/aromatic N) is 2. The molecule has 0 saturated heterocycles. The second-order valence-corrected chi connectivity index (χ2v) is 14.3. The Hall–Kier alpha value is -4.14. The third-order valence-corrected chi connectivity index (χ3v) is 9.40. The molecule has 9 nitrogen and oxygen atoms in total. The first-order valence-electron chi connectivity index (χ1n) is 18.2. The maximum absolute atomic E-state index is 13.8. The van der Waals surface area contributed by atoms with Crippen LogP contribution in [-0.4, -0.2) is 53.5 Å². The predicted octanol–water partition coefficient (Wildman–Crippen LogP) is 7.84. The number of alkyl carbamates (subject to hydrolysis) is 1. The number of Topliss-reactive ketones (excluding diaryl/α,β-unsaturated/α-hetero) is 1. The number of ether oxygens (including phenoxy) is 1. The fourth-order valence-electron chi connectivity index (χ4n) is 6.74. The monoisotopic (exact) mass is 672 g/mol. The minimum atomic E-state index is -0.497. The Bertz CT molecular complexity index is 1560. The summed E-state index contributed by atoms with van der Waals surface area (Å²) in [6.07, 6.45) is 7.89. The molecular weight excluding hydrogens is 616 g/mol. The van der Waals surface area contributed by atoms with Crippen molar-refractivity contribution in [3.63, 3.8) is 0 Å². The quantitative estimate of drug-likeness (QED) is 0.119. The largest absolute Gasteiger partial charge is 0.444 e. The molecule has 1 fully saturated rings. The summed E-state index contributed by atoms with van der Waals surface area (Å²) in [6.45, 7) is 11.5. The van der Waals surface area contributed by atoms with Crippen molar-refractivity contribution in [2.45, 2.75) is 111 Å². The van der Waals surface area contributed by atoms with Crippen molar-refractivity contribution in [3.8, 4) is 0 Å². The number of aromatic nitrogens is 1. The Kier molecular flexibility index (Phi) is 13.9. The number of para-hydroxylation sites is 1. The molecule has 0 aliphatic heterocycles. The van der Waals surface area contributed by atoms with Gasteiger partial charge in [-0.2, -0.15) is 0 Å². The van der Waals surface area contributed by atoms with Crippen LogP contribution in [0.25, 0.3) is 10.9 Å². The van der Waals surface area contributed by atoms with Crippen LogP contribution in [-0.2, 0) is 27.3 Å². The van der Waals surface area contributed by atoms with Crippen molar-refractivity contribution in [1.82, 2.24) is 15.2 Å². The topological polar surface area (TPSA) is 110 Å². The number of amides is 3. The molecule has 1 aliphatic carbocycles. The maximum atomic E-state index is 13.8. The average molecular weight is 673 g/mol. The van der Waals surface area contributed by atoms with E-state index in [2.05, 4.69) is 29.7 Å². The number of aryl methyl sites for hydroxylation is 1. The number of hydrogen-bond acceptors (Lipinski definition) is 5. The predicted molar refractivity (Wildman–Crippen MR) is 196 cm³/mol. The first-order valence-corrected chi connectivity index (χ1v) is 18.2. The van der Waals surface area contributed by atoms with Crippen LogP contribution in [0.2, 0.25) is 0 Å². The summed E-state index contributed by atoms with van der Waals surface area (Å²) in [7, 11) is 0. The van der Waals surface area contributed by atoms with Gasteiger partial charge in [0.2, 0.25) is 11.8 Å². The van der Waals surface area contributed by atoms with Crippen LogP contribution in [0.15, 0.2) is 54.6 Å². The van der Waals surface area contributed by atoms with Gasteiger partial charge in [0.05, 0.1) is 5.69 Å². The first-order chi connectivity index (χ1) is 23.5. The van der Waals surface area contributed by atoms with E-state index in [1.54, 1.807) is 4.90 Å². The van der Waals surface area contributed by atoms with Crippen LogP contribution in [0.5, 0.6) is 0 Å². The summed E-state index contributed by atoms with van der Waals surface area (Å²) in [4.78, 5) is 53.9. The standard InChI is InChI=1S/C40H56N4O5/c1-6-29-15-14-17-33(25-29)43(7-2)37(46)28-44-34-18-11-10-16-32(34)27-35(44)36(45)26-30-19-21-31(22-20-30)38(47)41-23-12-8-9-13-24-42-39(48)49-40(3,4)5/h10-11,14-18,25,27,30-31H,6-9,12-13,19-24,26,28H2,1-5H3,(H,41,47)(H,42,48). The van der Waals surface area contributed by atoms with Gasteiger partial charge in [-0.25, -0.2) is 4.79 Å². The SMILES string of the molecule is CCc1cccc(N(CC)C(=O)Cn2c(C(=O)CC3CCC(C(=O)NCCCCCCNC(=O)OC(C)(C)C)CC3)cc3ccccc32)c1. The van der Waals surface area contributed by atoms with E-state index in [-0.39, 0.29) is 42.1 Å². The van der Waals surface area contributed by atoms with Crippen molar-refractivity contribution in [1.29, 1.82) is 0 Å². The van der Waals surface area contributed by atoms with Gasteiger partial charge in [0.15, 0.2) is 5.78 Å². The number of likely N-dealkylation sites (N-methyl/N-ethyl adjacent to an activating group) is 1. The van der Waals surface area contributed by atoms with Gasteiger partial charge in [-0.15, -0.1) is 0 Å². The van der Waals surface area contributed by atoms with Crippen molar-refractivity contribution in [3.05, 3.63) is 65.9 Å². The molecule has 0 atom stereocenters. The zero-order valence-corrected chi connectivity index (χ0v) is 30.2. The number of rotatable bonds is 16. The van der Waals surface area contributed by atoms with Crippen LogP contribution >= 0.6 is 0 Å². The average Bonchev–Trinajstić information content (AvgIpc) is 3.44. The molecule has 4 rings (SSSR count). The summed E-state index contributed by atoms with van der Waals surface area (Å²) in [5, 5.41) is 6.84. The molecule has 9 heteroatoms. The number of anilines is 1. The molecule has 3 aromatic rings. The van der Waals surface area contributed by atoms with Crippen LogP contribution < -0.4 is 15.5 Å². The van der Waals surface area contributed by atoms with Crippen LogP contribution in [0.4, 0.5) is 10.5 Å². The summed E-state index contributed by atoms with van der Waals surface area (Å²) >= 11 is 0. The molecule has 0 bridgehead atoms. The Balaban J connectivity index is 1.23. The molecule has 1 aliphatic rings. The molecule has 1 saturated carbocycles. The van der Waals surface area contributed by atoms with Gasteiger partial charge in [0.1, 0.15) is 12.1 Å². The normalized spacial score (nSPS) is 16.3. The van der Waals surface area contributed by atoms with Crippen molar-refractivity contribution in [2.75, 3.05) is 24.5 Å². The Morgan fingerprint density at radius 3 is 2.22 bits per heavy atom. The van der Waals surface area contributed by atoms with E-state index >= 15 is 0 Å². The lowest BCUT2D eigenvalue weighted by atomic mass is 9.79. The molecule has 1 aromatic heterocycles. The zero-order valence-electron chi connectivity index (χ0n) is 30.2. The number of nitrogens with one attached hydrogen (secondary N) is 2. The molecule has 3 amide bonds. The molecule has 266 valence electrons. The lowest BCUT2D eigenvalue weighted by Crippen LogP contribution is -2.35. The highest BCUT2D eigenvalue weighted by Gasteiger charge is 2.29. The second kappa shape index (κ2) is 18.0. The number of carbonyl (C=O) groups excluding carboxylic acids is 4. The van der Waals surface area contributed by atoms with Crippen LogP contribution in [0, 0.1) is 11.8 Å². The summed E-state index contributed by atoms with van der Waals surface area (Å²) in [5.41, 5.74) is 3.02. The number of hydrogen-bond donors (Lipinski definition) is 2. The molecule has 2 aromatic carbocycles. The van der Waals surface area contributed by atoms with Gasteiger partial charge in [-0.1, -0.05) is 50.1 Å². The van der Waals surface area contributed by atoms with E-state index in [4.69, 9.17) is 4.74 Å². The minimum absolute atomic E-state index is 0.0142. The first kappa shape index (κ1) is 37.7. The summed E-state index contributed by atoms with van der Waals surface area (Å²) < 4.78 is 7.13. The molecule has 0 spiro atoms. The highest BCUT2D eigenvalue weighted by Crippen LogP contribution is 2.33. The Labute approximate surface area is 292 Å². The second-order valence-electron chi connectivity index (χ2n) is 14.3. The molecule has 0 unspecified atom stereocenters. The number of ketones is 1. The Morgan fingerprint density at radius 1 is 0.857 bits per heavy atom. The lowest BCUT2D eigenvalue weighted by molar-refractivity contribution is -0.126. The third-order valence-electron chi connectivity index (χ3n) is 9.40. The van der Waals surface area contributed by atoms with E-state index in [1.165, 1.54) is 5.56 Å². The van der Waals surface area contributed by atoms with E-state index < -0.39 is 5.60 Å². The van der Waals surface area contributed by atoms with E-state index in [0.29, 0.717) is 31.7 Å². The molecule has 49 heavy (non-hydrogen) atoms. The fourth-order valence-corrected chi connectivity index (χ4v) is 6.74. The van der Waals surface area contributed by atoms with Crippen molar-refractivity contribution < 1.29 is 23.9 Å². The number of unbranched alkanes of at least 4 members (excludes halogenated alkanes) is 3. The number of fused-ring (bicyclic) bond motifs is 1. The van der Waals surface area contributed by atoms with Crippen molar-refractivity contribution in [2.24, 2.45) is 11.8 Å². The molecule has 2 N–H and O–H groups in total. The summed E-state index contributed by atoms with van der Waals surface area (Å²) in [6, 6.07) is 17.9. The number of benzene rings is 2. The Morgan fingerprint density at radius 2 is 1.55 bits per heavy atom. The van der Waals surface area contributed by atoms with Gasteiger partial charge in [0, 0.05) is 48.6 Å². The molecular formula is C40H56N4O5. The van der Waals surface area contributed by atoms with E-state index in [1.807, 2.05) is 74.7 Å². The smallest absolute Gasteiger partial charge is 0.407 e. The minimum Gasteiger partial charge on any atom is -0.444 e. The molecule has 1 heterocycles. The van der Waals surface area contributed by atoms with Gasteiger partial charge in [-0.3, -0.25) is 14.4 Å². The van der Waals surface area contributed by atoms with Gasteiger partial charge in [-0.05, 0) is 108 Å². The van der Waals surface area contributed by atoms with Gasteiger partial charge >= 0.3 is 6.09 Å². The summed E-state index contributed by atoms with van der Waals surface area (Å²) in [5.74, 6) is 0.318. The van der Waals surface area contributed by atoms with E-state index in [0.717, 1.165) is 74.4 Å². The fraction of sp³-hybridized carbons (Fsp3) is 0.550. The van der Waals surface area contributed by atoms with Gasteiger partial charge in [0.25, 0.3) is 0 Å². The molecule has 0 radical (unpaired) electrons. The van der Waals surface area contributed by atoms with Gasteiger partial charge < -0.3 is 24.8 Å². The third kappa shape index (κ3) is 11.2. The maximum Gasteiger partial charge on any atom is 0.407 e. The number of carbonyl (C=O) groups is 4. The lowest BCUT2D eigenvalue weighted by Gasteiger charge is -2.27. The van der Waals surface area contributed by atoms with Crippen LogP contribution in [0.3, 0.4) is 0 Å². The van der Waals surface area contributed by atoms with Crippen molar-refractivity contribution >= 4 is 40.3 Å². The highest BCUT2D eigenvalue weighted by atomic mass is 16.6. The highest BCUT2D eigenvalue weighted by molar-refractivity contribution is 6.02.